The van der Waals surface area contributed by atoms with Gasteiger partial charge >= 0.3 is 0 Å². The lowest BCUT2D eigenvalue weighted by molar-refractivity contribution is -0.123. The Bertz CT molecular complexity index is 244. The van der Waals surface area contributed by atoms with Gasteiger partial charge in [0, 0.05) is 6.61 Å². The normalized spacial score (nSPS) is 23.7. The van der Waals surface area contributed by atoms with Gasteiger partial charge in [-0.2, -0.15) is 5.26 Å². The summed E-state index contributed by atoms with van der Waals surface area (Å²) in [6.45, 7) is 2.32. The number of Topliss-reactive ketones (excluding diaryl/α,β-unsaturated/α-hetero) is 1. The number of carbonyl (C=O) groups excluding carboxylic acids is 1. The summed E-state index contributed by atoms with van der Waals surface area (Å²) in [5.74, 6) is -0.169. The molecule has 3 heteroatoms. The average Bonchev–Trinajstić information content (AvgIpc) is 2.58. The molecule has 12 heavy (non-hydrogen) atoms. The first-order valence-corrected chi connectivity index (χ1v) is 4.02. The van der Waals surface area contributed by atoms with Crippen LogP contribution in [0.15, 0.2) is 11.6 Å². The molecule has 0 aromatic heterocycles. The zero-order chi connectivity index (χ0) is 8.97. The summed E-state index contributed by atoms with van der Waals surface area (Å²) in [4.78, 5) is 11.4. The number of carbonyl (C=O) groups is 1. The molecule has 1 aliphatic heterocycles. The van der Waals surface area contributed by atoms with E-state index in [2.05, 4.69) is 0 Å². The zero-order valence-electron chi connectivity index (χ0n) is 7.04. The summed E-state index contributed by atoms with van der Waals surface area (Å²) in [7, 11) is 0. The highest BCUT2D eigenvalue weighted by atomic mass is 16.5. The highest BCUT2D eigenvalue weighted by Gasteiger charge is 2.25. The highest BCUT2D eigenvalue weighted by molar-refractivity contribution is 6.02. The standard InChI is InChI=1S/C9H11NO2/c1-2-7(6-10)9(11)8-4-3-5-12-8/h2,8H,3-5H2,1H3/b7-2-. The van der Waals surface area contributed by atoms with Crippen LogP contribution in [-0.4, -0.2) is 18.5 Å². The van der Waals surface area contributed by atoms with Crippen molar-refractivity contribution in [2.45, 2.75) is 25.9 Å². The number of ketones is 1. The topological polar surface area (TPSA) is 50.1 Å². The quantitative estimate of drug-likeness (QED) is 0.456. The van der Waals surface area contributed by atoms with E-state index in [1.165, 1.54) is 6.08 Å². The van der Waals surface area contributed by atoms with E-state index >= 15 is 0 Å². The highest BCUT2D eigenvalue weighted by Crippen LogP contribution is 2.15. The Hall–Kier alpha value is -1.14. The molecule has 0 N–H and O–H groups in total. The first-order valence-electron chi connectivity index (χ1n) is 4.02. The van der Waals surface area contributed by atoms with Gasteiger partial charge in [-0.3, -0.25) is 4.79 Å². The number of nitriles is 1. The lowest BCUT2D eigenvalue weighted by Gasteiger charge is -2.05. The summed E-state index contributed by atoms with van der Waals surface area (Å²) < 4.78 is 5.16. The Morgan fingerprint density at radius 2 is 2.50 bits per heavy atom. The third-order valence-corrected chi connectivity index (χ3v) is 1.90. The second-order valence-corrected chi connectivity index (χ2v) is 2.68. The molecule has 0 saturated carbocycles. The molecule has 1 rings (SSSR count). The second-order valence-electron chi connectivity index (χ2n) is 2.68. The minimum absolute atomic E-state index is 0.169. The van der Waals surface area contributed by atoms with E-state index in [1.807, 2.05) is 6.07 Å². The molecule has 1 fully saturated rings. The summed E-state index contributed by atoms with van der Waals surface area (Å²) in [5.41, 5.74) is 0.210. The van der Waals surface area contributed by atoms with Crippen molar-refractivity contribution in [2.24, 2.45) is 0 Å². The maximum Gasteiger partial charge on any atom is 0.201 e. The molecule has 1 heterocycles. The third kappa shape index (κ3) is 1.72. The second kappa shape index (κ2) is 4.03. The SMILES string of the molecule is C/C=C(/C#N)C(=O)C1CCCO1. The summed E-state index contributed by atoms with van der Waals surface area (Å²) >= 11 is 0. The van der Waals surface area contributed by atoms with Gasteiger partial charge in [-0.05, 0) is 19.8 Å². The Morgan fingerprint density at radius 1 is 1.75 bits per heavy atom. The first kappa shape index (κ1) is 8.95. The van der Waals surface area contributed by atoms with Crippen molar-refractivity contribution in [3.8, 4) is 6.07 Å². The Labute approximate surface area is 71.6 Å². The van der Waals surface area contributed by atoms with Gasteiger partial charge in [0.05, 0.1) is 5.57 Å². The van der Waals surface area contributed by atoms with E-state index in [0.29, 0.717) is 6.61 Å². The molecule has 0 amide bonds. The fraction of sp³-hybridized carbons (Fsp3) is 0.556. The van der Waals surface area contributed by atoms with Crippen molar-refractivity contribution in [2.75, 3.05) is 6.61 Å². The van der Waals surface area contributed by atoms with Gasteiger partial charge in [0.15, 0.2) is 0 Å². The van der Waals surface area contributed by atoms with Crippen LogP contribution in [-0.2, 0) is 9.53 Å². The monoisotopic (exact) mass is 165 g/mol. The van der Waals surface area contributed by atoms with Gasteiger partial charge in [-0.25, -0.2) is 0 Å². The summed E-state index contributed by atoms with van der Waals surface area (Å²) in [6.07, 6.45) is 2.83. The Kier molecular flexibility index (Phi) is 3.01. The van der Waals surface area contributed by atoms with Gasteiger partial charge in [0.1, 0.15) is 12.2 Å². The van der Waals surface area contributed by atoms with Crippen LogP contribution in [0, 0.1) is 11.3 Å². The number of hydrogen-bond acceptors (Lipinski definition) is 3. The number of hydrogen-bond donors (Lipinski definition) is 0. The van der Waals surface area contributed by atoms with Crippen molar-refractivity contribution >= 4 is 5.78 Å². The maximum atomic E-state index is 11.4. The Balaban J connectivity index is 2.64. The van der Waals surface area contributed by atoms with Gasteiger partial charge in [-0.1, -0.05) is 6.08 Å². The van der Waals surface area contributed by atoms with Crippen molar-refractivity contribution in [1.82, 2.24) is 0 Å². The van der Waals surface area contributed by atoms with E-state index in [0.717, 1.165) is 12.8 Å². The molecule has 0 radical (unpaired) electrons. The minimum atomic E-state index is -0.365. The van der Waals surface area contributed by atoms with Crippen LogP contribution in [0.1, 0.15) is 19.8 Å². The molecule has 3 nitrogen and oxygen atoms in total. The van der Waals surface area contributed by atoms with Gasteiger partial charge in [0.25, 0.3) is 0 Å². The smallest absolute Gasteiger partial charge is 0.201 e. The van der Waals surface area contributed by atoms with Crippen molar-refractivity contribution in [3.63, 3.8) is 0 Å². The molecule has 1 aliphatic rings. The molecule has 0 bridgehead atoms. The average molecular weight is 165 g/mol. The molecule has 1 unspecified atom stereocenters. The molecule has 1 saturated heterocycles. The van der Waals surface area contributed by atoms with Gasteiger partial charge < -0.3 is 4.74 Å². The van der Waals surface area contributed by atoms with Crippen LogP contribution >= 0.6 is 0 Å². The van der Waals surface area contributed by atoms with E-state index in [-0.39, 0.29) is 17.5 Å². The molecular weight excluding hydrogens is 154 g/mol. The Morgan fingerprint density at radius 3 is 2.92 bits per heavy atom. The molecule has 64 valence electrons. The molecule has 0 spiro atoms. The van der Waals surface area contributed by atoms with Crippen LogP contribution in [0.2, 0.25) is 0 Å². The first-order chi connectivity index (χ1) is 5.79. The third-order valence-electron chi connectivity index (χ3n) is 1.90. The van der Waals surface area contributed by atoms with E-state index < -0.39 is 0 Å². The van der Waals surface area contributed by atoms with E-state index in [4.69, 9.17) is 10.00 Å². The predicted molar refractivity (Wildman–Crippen MR) is 43.4 cm³/mol. The molecule has 0 aromatic rings. The number of allylic oxidation sites excluding steroid dienone is 1. The van der Waals surface area contributed by atoms with Crippen LogP contribution in [0.5, 0.6) is 0 Å². The maximum absolute atomic E-state index is 11.4. The van der Waals surface area contributed by atoms with Crippen LogP contribution < -0.4 is 0 Å². The fourth-order valence-corrected chi connectivity index (χ4v) is 1.22. The minimum Gasteiger partial charge on any atom is -0.370 e. The van der Waals surface area contributed by atoms with Crippen molar-refractivity contribution in [1.29, 1.82) is 5.26 Å². The fourth-order valence-electron chi connectivity index (χ4n) is 1.22. The largest absolute Gasteiger partial charge is 0.370 e. The zero-order valence-corrected chi connectivity index (χ0v) is 7.04. The van der Waals surface area contributed by atoms with Crippen LogP contribution in [0.25, 0.3) is 0 Å². The van der Waals surface area contributed by atoms with E-state index in [9.17, 15) is 4.79 Å². The van der Waals surface area contributed by atoms with Crippen LogP contribution in [0.4, 0.5) is 0 Å². The van der Waals surface area contributed by atoms with Crippen molar-refractivity contribution in [3.05, 3.63) is 11.6 Å². The summed E-state index contributed by atoms with van der Waals surface area (Å²) in [6, 6.07) is 1.86. The van der Waals surface area contributed by atoms with Gasteiger partial charge in [-0.15, -0.1) is 0 Å². The predicted octanol–water partition coefficient (Wildman–Crippen LogP) is 1.20. The number of nitrogens with zero attached hydrogens (tertiary/aromatic N) is 1. The number of ether oxygens (including phenoxy) is 1. The molecule has 1 atom stereocenters. The van der Waals surface area contributed by atoms with Crippen LogP contribution in [0.3, 0.4) is 0 Å². The molecule has 0 aliphatic carbocycles. The molecular formula is C9H11NO2. The number of rotatable bonds is 2. The summed E-state index contributed by atoms with van der Waals surface area (Å²) in [5, 5.41) is 8.56. The lowest BCUT2D eigenvalue weighted by atomic mass is 10.1. The van der Waals surface area contributed by atoms with E-state index in [1.54, 1.807) is 6.92 Å². The lowest BCUT2D eigenvalue weighted by Crippen LogP contribution is -2.20. The molecule has 0 aromatic carbocycles. The van der Waals surface area contributed by atoms with Crippen molar-refractivity contribution < 1.29 is 9.53 Å². The van der Waals surface area contributed by atoms with Gasteiger partial charge in [0.2, 0.25) is 5.78 Å².